The molecule has 0 unspecified atom stereocenters. The first-order valence-electron chi connectivity index (χ1n) is 9.41. The average Bonchev–Trinajstić information content (AvgIpc) is 2.91. The zero-order valence-corrected chi connectivity index (χ0v) is 16.4. The molecule has 0 radical (unpaired) electrons. The van der Waals surface area contributed by atoms with Crippen LogP contribution in [0, 0.1) is 0 Å². The summed E-state index contributed by atoms with van der Waals surface area (Å²) in [5, 5.41) is 2.40. The summed E-state index contributed by atoms with van der Waals surface area (Å²) in [6.07, 6.45) is 2.84. The highest BCUT2D eigenvalue weighted by Gasteiger charge is 2.14. The van der Waals surface area contributed by atoms with Crippen LogP contribution in [-0.4, -0.2) is 33.6 Å². The van der Waals surface area contributed by atoms with Gasteiger partial charge in [-0.15, -0.1) is 0 Å². The van der Waals surface area contributed by atoms with Gasteiger partial charge in [0.15, 0.2) is 0 Å². The number of fused-ring (bicyclic) bond motifs is 3. The molecule has 0 saturated carbocycles. The molecule has 0 aliphatic heterocycles. The fourth-order valence-corrected chi connectivity index (χ4v) is 4.31. The van der Waals surface area contributed by atoms with Crippen LogP contribution in [0.25, 0.3) is 21.8 Å². The van der Waals surface area contributed by atoms with Crippen LogP contribution in [0.15, 0.2) is 36.4 Å². The topological polar surface area (TPSA) is 114 Å². The molecule has 1 aromatic heterocycles. The van der Waals surface area contributed by atoms with Crippen molar-refractivity contribution in [2.45, 2.75) is 32.2 Å². The largest absolute Gasteiger partial charge is 0.340 e. The standard InChI is InChI=1S/C20H28N3O3P/c21-9-7-15-3-5-19-17(13-15)18-14-16(8-10-22)4-6-20(18)23(19)11-1-2-12-27(24,25)26/h3-6,13-14H,1-2,7-12,21-22H2,(H2,24,25,26). The lowest BCUT2D eigenvalue weighted by molar-refractivity contribution is 0.370. The van der Waals surface area contributed by atoms with Crippen molar-refractivity contribution >= 4 is 29.4 Å². The Morgan fingerprint density at radius 3 is 1.81 bits per heavy atom. The van der Waals surface area contributed by atoms with E-state index in [1.807, 2.05) is 0 Å². The quantitative estimate of drug-likeness (QED) is 0.332. The van der Waals surface area contributed by atoms with Crippen LogP contribution in [0.4, 0.5) is 0 Å². The minimum absolute atomic E-state index is 0.0641. The zero-order valence-electron chi connectivity index (χ0n) is 15.5. The molecule has 0 saturated heterocycles. The molecule has 6 nitrogen and oxygen atoms in total. The van der Waals surface area contributed by atoms with Gasteiger partial charge in [0.2, 0.25) is 0 Å². The van der Waals surface area contributed by atoms with E-state index in [0.29, 0.717) is 19.5 Å². The Morgan fingerprint density at radius 1 is 0.852 bits per heavy atom. The number of aryl methyl sites for hydroxylation is 1. The van der Waals surface area contributed by atoms with E-state index < -0.39 is 7.60 Å². The van der Waals surface area contributed by atoms with Crippen molar-refractivity contribution in [1.29, 1.82) is 0 Å². The van der Waals surface area contributed by atoms with Crippen LogP contribution in [0.5, 0.6) is 0 Å². The Labute approximate surface area is 159 Å². The van der Waals surface area contributed by atoms with Crippen LogP contribution >= 0.6 is 7.60 Å². The highest BCUT2D eigenvalue weighted by atomic mass is 31.2. The van der Waals surface area contributed by atoms with Crippen molar-refractivity contribution in [2.24, 2.45) is 11.5 Å². The van der Waals surface area contributed by atoms with Gasteiger partial charge in [0.1, 0.15) is 0 Å². The summed E-state index contributed by atoms with van der Waals surface area (Å²) in [6, 6.07) is 12.9. The Balaban J connectivity index is 2.00. The molecule has 0 atom stereocenters. The first kappa shape index (κ1) is 20.1. The maximum absolute atomic E-state index is 11.1. The van der Waals surface area contributed by atoms with Crippen molar-refractivity contribution in [2.75, 3.05) is 19.3 Å². The Kier molecular flexibility index (Phi) is 6.35. The molecule has 146 valence electrons. The Morgan fingerprint density at radius 2 is 1.37 bits per heavy atom. The van der Waals surface area contributed by atoms with Crippen LogP contribution in [0.3, 0.4) is 0 Å². The van der Waals surface area contributed by atoms with E-state index in [0.717, 1.165) is 36.8 Å². The average molecular weight is 389 g/mol. The Bertz CT molecular complexity index is 914. The van der Waals surface area contributed by atoms with Gasteiger partial charge in [0.25, 0.3) is 0 Å². The smallest absolute Gasteiger partial charge is 0.325 e. The molecule has 6 N–H and O–H groups in total. The van der Waals surface area contributed by atoms with Crippen LogP contribution in [0.1, 0.15) is 24.0 Å². The van der Waals surface area contributed by atoms with E-state index >= 15 is 0 Å². The number of hydrogen-bond acceptors (Lipinski definition) is 3. The van der Waals surface area contributed by atoms with Crippen molar-refractivity contribution < 1.29 is 14.4 Å². The number of hydrogen-bond donors (Lipinski definition) is 4. The summed E-state index contributed by atoms with van der Waals surface area (Å²) in [6.45, 7) is 1.96. The molecule has 0 spiro atoms. The summed E-state index contributed by atoms with van der Waals surface area (Å²) in [4.78, 5) is 18.1. The first-order valence-corrected chi connectivity index (χ1v) is 11.2. The van der Waals surface area contributed by atoms with Gasteiger partial charge < -0.3 is 25.8 Å². The fourth-order valence-electron chi connectivity index (χ4n) is 3.67. The van der Waals surface area contributed by atoms with Crippen LogP contribution in [0.2, 0.25) is 0 Å². The molecule has 3 aromatic rings. The number of nitrogens with zero attached hydrogens (tertiary/aromatic N) is 1. The zero-order chi connectivity index (χ0) is 19.4. The number of nitrogens with two attached hydrogens (primary N) is 2. The third kappa shape index (κ3) is 4.78. The van der Waals surface area contributed by atoms with Crippen molar-refractivity contribution in [3.8, 4) is 0 Å². The highest BCUT2D eigenvalue weighted by Crippen LogP contribution is 2.36. The predicted molar refractivity (Wildman–Crippen MR) is 111 cm³/mol. The van der Waals surface area contributed by atoms with E-state index in [-0.39, 0.29) is 6.16 Å². The number of aromatic nitrogens is 1. The van der Waals surface area contributed by atoms with Crippen molar-refractivity contribution in [1.82, 2.24) is 4.57 Å². The van der Waals surface area contributed by atoms with Crippen molar-refractivity contribution in [3.05, 3.63) is 47.5 Å². The summed E-state index contributed by atoms with van der Waals surface area (Å²) < 4.78 is 13.3. The van der Waals surface area contributed by atoms with E-state index in [9.17, 15) is 4.57 Å². The van der Waals surface area contributed by atoms with Crippen LogP contribution in [-0.2, 0) is 24.0 Å². The third-order valence-corrected chi connectivity index (χ3v) is 5.84. The number of benzene rings is 2. The van der Waals surface area contributed by atoms with Gasteiger partial charge in [-0.2, -0.15) is 0 Å². The third-order valence-electron chi connectivity index (χ3n) is 4.94. The molecular weight excluding hydrogens is 361 g/mol. The molecule has 0 bridgehead atoms. The second kappa shape index (κ2) is 8.55. The normalized spacial score (nSPS) is 12.3. The molecule has 0 fully saturated rings. The highest BCUT2D eigenvalue weighted by molar-refractivity contribution is 7.51. The molecule has 0 aliphatic carbocycles. The summed E-state index contributed by atoms with van der Waals surface area (Å²) in [7, 11) is -3.93. The van der Waals surface area contributed by atoms with Crippen molar-refractivity contribution in [3.63, 3.8) is 0 Å². The molecule has 7 heteroatoms. The second-order valence-electron chi connectivity index (χ2n) is 7.03. The first-order chi connectivity index (χ1) is 12.9. The fraction of sp³-hybridized carbons (Fsp3) is 0.400. The predicted octanol–water partition coefficient (Wildman–Crippen LogP) is 2.75. The van der Waals surface area contributed by atoms with Crippen LogP contribution < -0.4 is 11.5 Å². The molecule has 1 heterocycles. The van der Waals surface area contributed by atoms with E-state index in [4.69, 9.17) is 21.3 Å². The molecule has 3 rings (SSSR count). The lowest BCUT2D eigenvalue weighted by Crippen LogP contribution is -2.03. The number of unbranched alkanes of at least 4 members (excludes halogenated alkanes) is 1. The van der Waals surface area contributed by atoms with E-state index in [1.54, 1.807) is 0 Å². The second-order valence-corrected chi connectivity index (χ2v) is 8.80. The molecule has 27 heavy (non-hydrogen) atoms. The number of rotatable bonds is 9. The van der Waals surface area contributed by atoms with Gasteiger partial charge >= 0.3 is 7.60 Å². The maximum Gasteiger partial charge on any atom is 0.325 e. The lowest BCUT2D eigenvalue weighted by Gasteiger charge is -2.09. The monoisotopic (exact) mass is 389 g/mol. The maximum atomic E-state index is 11.1. The molecule has 2 aromatic carbocycles. The molecule has 0 aliphatic rings. The summed E-state index contributed by atoms with van der Waals surface area (Å²) in [5.74, 6) is 0. The van der Waals surface area contributed by atoms with Gasteiger partial charge in [-0.05, 0) is 74.2 Å². The van der Waals surface area contributed by atoms with Gasteiger partial charge in [0.05, 0.1) is 0 Å². The Hall–Kier alpha value is -1.69. The summed E-state index contributed by atoms with van der Waals surface area (Å²) >= 11 is 0. The van der Waals surface area contributed by atoms with Gasteiger partial charge in [-0.25, -0.2) is 0 Å². The van der Waals surface area contributed by atoms with Gasteiger partial charge in [-0.3, -0.25) is 4.57 Å². The van der Waals surface area contributed by atoms with Gasteiger partial charge in [0, 0.05) is 34.5 Å². The van der Waals surface area contributed by atoms with E-state index in [1.165, 1.54) is 21.9 Å². The lowest BCUT2D eigenvalue weighted by atomic mass is 10.0. The van der Waals surface area contributed by atoms with Gasteiger partial charge in [-0.1, -0.05) is 12.1 Å². The minimum Gasteiger partial charge on any atom is -0.340 e. The van der Waals surface area contributed by atoms with E-state index in [2.05, 4.69) is 41.0 Å². The summed E-state index contributed by atoms with van der Waals surface area (Å²) in [5.41, 5.74) is 16.2. The SMILES string of the molecule is NCCc1ccc2c(c1)c1cc(CCN)ccc1n2CCCCP(=O)(O)O. The minimum atomic E-state index is -3.93. The molecule has 0 amide bonds. The molecular formula is C20H28N3O3P.